The summed E-state index contributed by atoms with van der Waals surface area (Å²) in [6.07, 6.45) is 1.15. The predicted molar refractivity (Wildman–Crippen MR) is 87.6 cm³/mol. The van der Waals surface area contributed by atoms with E-state index in [2.05, 4.69) is 46.0 Å². The zero-order valence-corrected chi connectivity index (χ0v) is 14.2. The van der Waals surface area contributed by atoms with Crippen molar-refractivity contribution in [3.05, 3.63) is 29.3 Å². The molecule has 3 heteroatoms. The van der Waals surface area contributed by atoms with Gasteiger partial charge in [0.2, 0.25) is 0 Å². The van der Waals surface area contributed by atoms with E-state index in [1.807, 2.05) is 0 Å². The number of benzene rings is 1. The van der Waals surface area contributed by atoms with Gasteiger partial charge in [0, 0.05) is 6.42 Å². The summed E-state index contributed by atoms with van der Waals surface area (Å²) < 4.78 is 5.97. The first-order valence-corrected chi connectivity index (χ1v) is 8.44. The largest absolute Gasteiger partial charge is 0.493 e. The maximum absolute atomic E-state index is 5.97. The minimum Gasteiger partial charge on any atom is -0.493 e. The van der Waals surface area contributed by atoms with Crippen molar-refractivity contribution in [3.63, 3.8) is 0 Å². The monoisotopic (exact) mass is 292 g/mol. The van der Waals surface area contributed by atoms with Crippen LogP contribution in [0.25, 0.3) is 0 Å². The third-order valence-electron chi connectivity index (χ3n) is 4.49. The van der Waals surface area contributed by atoms with Crippen LogP contribution in [0, 0.1) is 6.92 Å². The van der Waals surface area contributed by atoms with Gasteiger partial charge in [-0.05, 0) is 36.1 Å². The minimum atomic E-state index is 0.560. The van der Waals surface area contributed by atoms with E-state index >= 15 is 0 Å². The van der Waals surface area contributed by atoms with Crippen LogP contribution >= 0.6 is 0 Å². The molecule has 2 rings (SSSR count). The Hall–Kier alpha value is -1.06. The molecule has 2 N–H and O–H groups in total. The Labute approximate surface area is 129 Å². The van der Waals surface area contributed by atoms with E-state index in [4.69, 9.17) is 4.74 Å². The van der Waals surface area contributed by atoms with E-state index < -0.39 is 0 Å². The molecule has 0 radical (unpaired) electrons. The molecule has 21 heavy (non-hydrogen) atoms. The van der Waals surface area contributed by atoms with Gasteiger partial charge in [-0.25, -0.2) is 0 Å². The van der Waals surface area contributed by atoms with Crippen molar-refractivity contribution in [2.45, 2.75) is 33.1 Å². The number of rotatable bonds is 6. The van der Waals surface area contributed by atoms with Gasteiger partial charge in [-0.1, -0.05) is 19.9 Å². The van der Waals surface area contributed by atoms with Gasteiger partial charge < -0.3 is 14.5 Å². The van der Waals surface area contributed by atoms with Gasteiger partial charge in [0.05, 0.1) is 20.2 Å². The molecule has 1 aliphatic heterocycles. The van der Waals surface area contributed by atoms with Crippen molar-refractivity contribution < 1.29 is 14.5 Å². The number of aryl methyl sites for hydroxylation is 1. The number of ether oxygens (including phenoxy) is 1. The number of hydrogen-bond acceptors (Lipinski definition) is 1. The zero-order valence-electron chi connectivity index (χ0n) is 14.2. The lowest BCUT2D eigenvalue weighted by Crippen LogP contribution is -3.27. The second-order valence-corrected chi connectivity index (χ2v) is 6.89. The molecule has 1 saturated heterocycles. The molecule has 0 unspecified atom stereocenters. The van der Waals surface area contributed by atoms with Gasteiger partial charge in [-0.15, -0.1) is 0 Å². The Morgan fingerprint density at radius 1 is 1.10 bits per heavy atom. The molecule has 0 bridgehead atoms. The summed E-state index contributed by atoms with van der Waals surface area (Å²) >= 11 is 0. The van der Waals surface area contributed by atoms with Crippen molar-refractivity contribution >= 4 is 0 Å². The van der Waals surface area contributed by atoms with Crippen LogP contribution in [-0.4, -0.2) is 46.4 Å². The Morgan fingerprint density at radius 3 is 2.48 bits per heavy atom. The lowest BCUT2D eigenvalue weighted by molar-refractivity contribution is -1.00. The summed E-state index contributed by atoms with van der Waals surface area (Å²) in [6, 6.07) is 6.61. The SMILES string of the molecule is Cc1cc(OCCC[NH+]2CC[NH+](C)CC2)cc(C(C)C)c1. The van der Waals surface area contributed by atoms with Gasteiger partial charge in [0.25, 0.3) is 0 Å². The van der Waals surface area contributed by atoms with Crippen LogP contribution in [0.1, 0.15) is 37.3 Å². The lowest BCUT2D eigenvalue weighted by atomic mass is 10.0. The molecule has 0 atom stereocenters. The highest BCUT2D eigenvalue weighted by atomic mass is 16.5. The van der Waals surface area contributed by atoms with Gasteiger partial charge in [-0.3, -0.25) is 0 Å². The van der Waals surface area contributed by atoms with Crippen molar-refractivity contribution in [2.24, 2.45) is 0 Å². The van der Waals surface area contributed by atoms with Gasteiger partial charge in [0.1, 0.15) is 31.9 Å². The summed E-state index contributed by atoms with van der Waals surface area (Å²) in [4.78, 5) is 3.42. The average Bonchev–Trinajstić information content (AvgIpc) is 2.45. The van der Waals surface area contributed by atoms with E-state index in [1.165, 1.54) is 43.9 Å². The minimum absolute atomic E-state index is 0.560. The number of piperazine rings is 1. The summed E-state index contributed by atoms with van der Waals surface area (Å²) in [6.45, 7) is 14.0. The maximum Gasteiger partial charge on any atom is 0.127 e. The topological polar surface area (TPSA) is 18.1 Å². The average molecular weight is 292 g/mol. The molecule has 0 saturated carbocycles. The second-order valence-electron chi connectivity index (χ2n) is 6.89. The number of quaternary nitrogens is 2. The molecule has 118 valence electrons. The third kappa shape index (κ3) is 5.33. The van der Waals surface area contributed by atoms with E-state index in [0.717, 1.165) is 18.8 Å². The van der Waals surface area contributed by atoms with Gasteiger partial charge in [-0.2, -0.15) is 0 Å². The highest BCUT2D eigenvalue weighted by molar-refractivity contribution is 5.35. The predicted octanol–water partition coefficient (Wildman–Crippen LogP) is 0.301. The molecular weight excluding hydrogens is 260 g/mol. The van der Waals surface area contributed by atoms with Crippen LogP contribution in [0.2, 0.25) is 0 Å². The quantitative estimate of drug-likeness (QED) is 0.722. The summed E-state index contributed by atoms with van der Waals surface area (Å²) in [5.41, 5.74) is 2.67. The van der Waals surface area contributed by atoms with Gasteiger partial charge in [0.15, 0.2) is 0 Å². The smallest absolute Gasteiger partial charge is 0.127 e. The molecule has 1 aromatic carbocycles. The fourth-order valence-corrected chi connectivity index (χ4v) is 2.99. The molecule has 1 aromatic rings. The molecule has 0 amide bonds. The van der Waals surface area contributed by atoms with Crippen molar-refractivity contribution in [3.8, 4) is 5.75 Å². The summed E-state index contributed by atoms with van der Waals surface area (Å²) in [5.74, 6) is 1.60. The van der Waals surface area contributed by atoms with E-state index in [1.54, 1.807) is 9.80 Å². The number of nitrogens with one attached hydrogen (secondary N) is 2. The summed E-state index contributed by atoms with van der Waals surface area (Å²) in [5, 5.41) is 0. The van der Waals surface area contributed by atoms with Crippen LogP contribution in [0.15, 0.2) is 18.2 Å². The molecule has 0 aromatic heterocycles. The van der Waals surface area contributed by atoms with E-state index in [9.17, 15) is 0 Å². The Balaban J connectivity index is 1.73. The first-order valence-electron chi connectivity index (χ1n) is 8.44. The number of likely N-dealkylation sites (N-methyl/N-ethyl adjacent to an activating group) is 1. The maximum atomic E-state index is 5.97. The first kappa shape index (κ1) is 16.3. The van der Waals surface area contributed by atoms with Gasteiger partial charge >= 0.3 is 0 Å². The molecule has 1 heterocycles. The fourth-order valence-electron chi connectivity index (χ4n) is 2.99. The normalized spacial score (nSPS) is 22.5. The van der Waals surface area contributed by atoms with Crippen LogP contribution < -0.4 is 14.5 Å². The molecule has 1 fully saturated rings. The van der Waals surface area contributed by atoms with Crippen LogP contribution in [-0.2, 0) is 0 Å². The van der Waals surface area contributed by atoms with Crippen LogP contribution in [0.3, 0.4) is 0 Å². The first-order chi connectivity index (χ1) is 10.0. The van der Waals surface area contributed by atoms with Crippen LogP contribution in [0.4, 0.5) is 0 Å². The molecule has 1 aliphatic rings. The van der Waals surface area contributed by atoms with E-state index in [-0.39, 0.29) is 0 Å². The standard InChI is InChI=1S/C18H30N2O/c1-15(2)17-12-16(3)13-18(14-17)21-11-5-6-20-9-7-19(4)8-10-20/h12-15H,5-11H2,1-4H3/p+2. The fraction of sp³-hybridized carbons (Fsp3) is 0.667. The molecule has 3 nitrogen and oxygen atoms in total. The third-order valence-corrected chi connectivity index (χ3v) is 4.49. The Bertz CT molecular complexity index is 437. The zero-order chi connectivity index (χ0) is 15.2. The number of hydrogen-bond donors (Lipinski definition) is 2. The van der Waals surface area contributed by atoms with Crippen molar-refractivity contribution in [1.29, 1.82) is 0 Å². The summed E-state index contributed by atoms with van der Waals surface area (Å²) in [7, 11) is 2.30. The Kier molecular flexibility index (Phi) is 6.07. The Morgan fingerprint density at radius 2 is 1.81 bits per heavy atom. The molecular formula is C18H32N2O+2. The highest BCUT2D eigenvalue weighted by Gasteiger charge is 2.18. The van der Waals surface area contributed by atoms with Crippen molar-refractivity contribution in [1.82, 2.24) is 0 Å². The second kappa shape index (κ2) is 7.81. The highest BCUT2D eigenvalue weighted by Crippen LogP contribution is 2.22. The molecule has 0 aliphatic carbocycles. The van der Waals surface area contributed by atoms with Crippen molar-refractivity contribution in [2.75, 3.05) is 46.4 Å². The lowest BCUT2D eigenvalue weighted by Gasteiger charge is -2.27. The van der Waals surface area contributed by atoms with E-state index in [0.29, 0.717) is 5.92 Å². The molecule has 0 spiro atoms. The van der Waals surface area contributed by atoms with Crippen LogP contribution in [0.5, 0.6) is 5.75 Å².